The lowest BCUT2D eigenvalue weighted by Gasteiger charge is -2.35. The molecule has 0 N–H and O–H groups in total. The highest BCUT2D eigenvalue weighted by Gasteiger charge is 2.23. The van der Waals surface area contributed by atoms with Crippen LogP contribution in [0.5, 0.6) is 0 Å². The quantitative estimate of drug-likeness (QED) is 0.792. The highest BCUT2D eigenvalue weighted by atomic mass is 16.4. The van der Waals surface area contributed by atoms with Crippen LogP contribution in [0.25, 0.3) is 11.0 Å². The first-order valence-corrected chi connectivity index (χ1v) is 8.89. The van der Waals surface area contributed by atoms with E-state index in [-0.39, 0.29) is 5.63 Å². The summed E-state index contributed by atoms with van der Waals surface area (Å²) in [6.45, 7) is 7.75. The van der Waals surface area contributed by atoms with Crippen LogP contribution in [-0.4, -0.2) is 18.0 Å². The highest BCUT2D eigenvalue weighted by molar-refractivity contribution is 5.82. The number of hydrogen-bond acceptors (Lipinski definition) is 3. The third kappa shape index (κ3) is 2.94. The van der Waals surface area contributed by atoms with Gasteiger partial charge in [-0.1, -0.05) is 13.8 Å². The Morgan fingerprint density at radius 2 is 1.78 bits per heavy atom. The van der Waals surface area contributed by atoms with Gasteiger partial charge in [0.15, 0.2) is 0 Å². The molecule has 3 nitrogen and oxygen atoms in total. The SMILES string of the molecule is CC1CC(C)CN(Cc2cc(=O)oc3cc4c(cc23)CCC4)C1. The van der Waals surface area contributed by atoms with Gasteiger partial charge in [0.1, 0.15) is 5.58 Å². The summed E-state index contributed by atoms with van der Waals surface area (Å²) in [4.78, 5) is 14.5. The summed E-state index contributed by atoms with van der Waals surface area (Å²) in [5, 5.41) is 1.14. The van der Waals surface area contributed by atoms with Crippen molar-refractivity contribution in [2.45, 2.75) is 46.1 Å². The first kappa shape index (κ1) is 14.9. The van der Waals surface area contributed by atoms with Gasteiger partial charge in [-0.05, 0) is 66.3 Å². The van der Waals surface area contributed by atoms with E-state index in [0.29, 0.717) is 0 Å². The van der Waals surface area contributed by atoms with Crippen molar-refractivity contribution in [2.75, 3.05) is 13.1 Å². The number of aryl methyl sites for hydroxylation is 2. The Balaban J connectivity index is 1.72. The van der Waals surface area contributed by atoms with Gasteiger partial charge in [0.2, 0.25) is 0 Å². The van der Waals surface area contributed by atoms with Gasteiger partial charge in [-0.15, -0.1) is 0 Å². The minimum Gasteiger partial charge on any atom is -0.423 e. The summed E-state index contributed by atoms with van der Waals surface area (Å²) in [7, 11) is 0. The Morgan fingerprint density at radius 3 is 2.52 bits per heavy atom. The lowest BCUT2D eigenvalue weighted by atomic mass is 9.91. The largest absolute Gasteiger partial charge is 0.423 e. The van der Waals surface area contributed by atoms with Crippen LogP contribution in [0.4, 0.5) is 0 Å². The number of fused-ring (bicyclic) bond motifs is 2. The molecule has 1 aromatic heterocycles. The first-order valence-electron chi connectivity index (χ1n) is 8.89. The molecule has 2 aromatic rings. The number of benzene rings is 1. The topological polar surface area (TPSA) is 33.5 Å². The molecule has 0 saturated carbocycles. The zero-order valence-electron chi connectivity index (χ0n) is 14.1. The van der Waals surface area contributed by atoms with Crippen molar-refractivity contribution in [3.63, 3.8) is 0 Å². The number of nitrogens with zero attached hydrogens (tertiary/aromatic N) is 1. The molecule has 2 aliphatic rings. The van der Waals surface area contributed by atoms with Crippen LogP contribution < -0.4 is 5.63 Å². The minimum atomic E-state index is -0.219. The normalized spacial score (nSPS) is 25.0. The second kappa shape index (κ2) is 5.79. The van der Waals surface area contributed by atoms with E-state index in [2.05, 4.69) is 30.9 Å². The van der Waals surface area contributed by atoms with Gasteiger partial charge in [-0.2, -0.15) is 0 Å². The van der Waals surface area contributed by atoms with Gasteiger partial charge in [0.25, 0.3) is 0 Å². The van der Waals surface area contributed by atoms with Crippen LogP contribution in [0.3, 0.4) is 0 Å². The first-order chi connectivity index (χ1) is 11.1. The van der Waals surface area contributed by atoms with Crippen molar-refractivity contribution in [2.24, 2.45) is 11.8 Å². The fraction of sp³-hybridized carbons (Fsp3) is 0.550. The van der Waals surface area contributed by atoms with Gasteiger partial charge in [-0.25, -0.2) is 4.79 Å². The van der Waals surface area contributed by atoms with Gasteiger partial charge in [0.05, 0.1) is 0 Å². The average Bonchev–Trinajstić information content (AvgIpc) is 2.91. The molecule has 1 saturated heterocycles. The Morgan fingerprint density at radius 1 is 1.09 bits per heavy atom. The zero-order chi connectivity index (χ0) is 16.0. The third-order valence-electron chi connectivity index (χ3n) is 5.38. The maximum Gasteiger partial charge on any atom is 0.336 e. The monoisotopic (exact) mass is 311 g/mol. The standard InChI is InChI=1S/C20H25NO2/c1-13-6-14(2)11-21(10-13)12-17-9-20(22)23-19-8-16-5-3-4-15(16)7-18(17)19/h7-9,13-14H,3-6,10-12H2,1-2H3. The van der Waals surface area contributed by atoms with Crippen molar-refractivity contribution in [1.82, 2.24) is 4.90 Å². The van der Waals surface area contributed by atoms with E-state index >= 15 is 0 Å². The second-order valence-corrected chi connectivity index (χ2v) is 7.70. The van der Waals surface area contributed by atoms with Gasteiger partial charge < -0.3 is 4.42 Å². The summed E-state index contributed by atoms with van der Waals surface area (Å²) in [6, 6.07) is 6.07. The molecule has 0 spiro atoms. The lowest BCUT2D eigenvalue weighted by molar-refractivity contribution is 0.134. The molecule has 0 amide bonds. The molecular weight excluding hydrogens is 286 g/mol. The summed E-state index contributed by atoms with van der Waals surface area (Å²) < 4.78 is 5.48. The summed E-state index contributed by atoms with van der Waals surface area (Å²) in [5.41, 5.74) is 4.48. The van der Waals surface area contributed by atoms with Crippen molar-refractivity contribution in [1.29, 1.82) is 0 Å². The van der Waals surface area contributed by atoms with Crippen LogP contribution >= 0.6 is 0 Å². The molecular formula is C20H25NO2. The van der Waals surface area contributed by atoms with Crippen LogP contribution in [0.2, 0.25) is 0 Å². The van der Waals surface area contributed by atoms with Crippen LogP contribution in [0, 0.1) is 11.8 Å². The molecule has 0 radical (unpaired) electrons. The predicted octanol–water partition coefficient (Wildman–Crippen LogP) is 3.76. The van der Waals surface area contributed by atoms with Gasteiger partial charge in [0, 0.05) is 31.1 Å². The second-order valence-electron chi connectivity index (χ2n) is 7.70. The van der Waals surface area contributed by atoms with E-state index in [4.69, 9.17) is 4.42 Å². The van der Waals surface area contributed by atoms with Crippen molar-refractivity contribution >= 4 is 11.0 Å². The van der Waals surface area contributed by atoms with Crippen molar-refractivity contribution < 1.29 is 4.42 Å². The van der Waals surface area contributed by atoms with Crippen molar-refractivity contribution in [3.8, 4) is 0 Å². The third-order valence-corrected chi connectivity index (χ3v) is 5.38. The molecule has 2 heterocycles. The van der Waals surface area contributed by atoms with Crippen LogP contribution in [0.1, 0.15) is 43.4 Å². The number of rotatable bonds is 2. The molecule has 122 valence electrons. The van der Waals surface area contributed by atoms with Crippen LogP contribution in [0.15, 0.2) is 27.4 Å². The van der Waals surface area contributed by atoms with E-state index in [0.717, 1.165) is 60.8 Å². The van der Waals surface area contributed by atoms with Crippen LogP contribution in [-0.2, 0) is 19.4 Å². The van der Waals surface area contributed by atoms with E-state index in [1.165, 1.54) is 24.0 Å². The summed E-state index contributed by atoms with van der Waals surface area (Å²) in [6.07, 6.45) is 4.79. The lowest BCUT2D eigenvalue weighted by Crippen LogP contribution is -2.38. The minimum absolute atomic E-state index is 0.219. The van der Waals surface area contributed by atoms with Gasteiger partial charge >= 0.3 is 5.63 Å². The number of piperidine rings is 1. The Kier molecular flexibility index (Phi) is 3.76. The average molecular weight is 311 g/mol. The van der Waals surface area contributed by atoms with E-state index in [1.54, 1.807) is 6.07 Å². The molecule has 1 aliphatic carbocycles. The molecule has 4 rings (SSSR count). The Hall–Kier alpha value is -1.61. The summed E-state index contributed by atoms with van der Waals surface area (Å²) >= 11 is 0. The number of likely N-dealkylation sites (tertiary alicyclic amines) is 1. The van der Waals surface area contributed by atoms with E-state index in [9.17, 15) is 4.79 Å². The fourth-order valence-corrected chi connectivity index (χ4v) is 4.59. The number of hydrogen-bond donors (Lipinski definition) is 0. The van der Waals surface area contributed by atoms with E-state index < -0.39 is 0 Å². The zero-order valence-corrected chi connectivity index (χ0v) is 14.1. The Labute approximate surface area is 137 Å². The highest BCUT2D eigenvalue weighted by Crippen LogP contribution is 2.30. The predicted molar refractivity (Wildman–Crippen MR) is 92.7 cm³/mol. The molecule has 3 heteroatoms. The van der Waals surface area contributed by atoms with Crippen molar-refractivity contribution in [3.05, 3.63) is 45.3 Å². The summed E-state index contributed by atoms with van der Waals surface area (Å²) in [5.74, 6) is 1.46. The fourth-order valence-electron chi connectivity index (χ4n) is 4.59. The Bertz CT molecular complexity index is 782. The molecule has 1 fully saturated rings. The molecule has 23 heavy (non-hydrogen) atoms. The molecule has 2 unspecified atom stereocenters. The molecule has 2 atom stereocenters. The van der Waals surface area contributed by atoms with E-state index in [1.807, 2.05) is 0 Å². The maximum absolute atomic E-state index is 12.0. The van der Waals surface area contributed by atoms with Gasteiger partial charge in [-0.3, -0.25) is 4.90 Å². The molecule has 1 aromatic carbocycles. The molecule has 1 aliphatic heterocycles. The maximum atomic E-state index is 12.0. The smallest absolute Gasteiger partial charge is 0.336 e. The molecule has 0 bridgehead atoms.